The number of nitrogens with one attached hydrogen (secondary N) is 1. The Bertz CT molecular complexity index is 788. The van der Waals surface area contributed by atoms with Gasteiger partial charge in [0.25, 0.3) is 5.91 Å². The third-order valence-corrected chi connectivity index (χ3v) is 4.25. The van der Waals surface area contributed by atoms with Gasteiger partial charge in [0.1, 0.15) is 5.82 Å². The molecular weight excluding hydrogens is 314 g/mol. The molecule has 0 atom stereocenters. The zero-order valence-electron chi connectivity index (χ0n) is 14.6. The highest BCUT2D eigenvalue weighted by molar-refractivity contribution is 5.92. The lowest BCUT2D eigenvalue weighted by Gasteiger charge is -2.20. The molecule has 0 spiro atoms. The Kier molecular flexibility index (Phi) is 5.28. The number of rotatable bonds is 7. The topological polar surface area (TPSA) is 66.8 Å². The summed E-state index contributed by atoms with van der Waals surface area (Å²) in [5, 5.41) is 4.32. The molecule has 2 heterocycles. The smallest absolute Gasteiger partial charge is 0.274 e. The monoisotopic (exact) mass is 337 g/mol. The number of aryl methyl sites for hydroxylation is 3. The molecule has 25 heavy (non-hydrogen) atoms. The van der Waals surface area contributed by atoms with Crippen LogP contribution >= 0.6 is 0 Å². The van der Waals surface area contributed by atoms with E-state index in [1.807, 2.05) is 43.1 Å². The Morgan fingerprint density at radius 3 is 2.72 bits per heavy atom. The largest absolute Gasteiger partial charge is 0.347 e. The van der Waals surface area contributed by atoms with Crippen molar-refractivity contribution in [3.05, 3.63) is 71.6 Å². The van der Waals surface area contributed by atoms with Gasteiger partial charge in [-0.1, -0.05) is 30.3 Å². The van der Waals surface area contributed by atoms with E-state index in [0.717, 1.165) is 24.4 Å². The molecule has 3 rings (SSSR count). The zero-order chi connectivity index (χ0) is 17.6. The quantitative estimate of drug-likeness (QED) is 0.721. The zero-order valence-corrected chi connectivity index (χ0v) is 14.6. The van der Waals surface area contributed by atoms with Crippen LogP contribution in [0.15, 0.2) is 48.8 Å². The van der Waals surface area contributed by atoms with Crippen LogP contribution in [0.4, 0.5) is 0 Å². The van der Waals surface area contributed by atoms with Crippen LogP contribution in [0.1, 0.15) is 34.0 Å². The molecule has 2 aromatic heterocycles. The number of aromatic nitrogens is 4. The van der Waals surface area contributed by atoms with Crippen LogP contribution in [0.5, 0.6) is 0 Å². The first kappa shape index (κ1) is 17.0. The first-order valence-electron chi connectivity index (χ1n) is 8.45. The second kappa shape index (κ2) is 7.79. The molecule has 1 N–H and O–H groups in total. The summed E-state index contributed by atoms with van der Waals surface area (Å²) in [5.41, 5.74) is 2.72. The molecule has 0 saturated heterocycles. The van der Waals surface area contributed by atoms with Crippen LogP contribution in [0.25, 0.3) is 0 Å². The van der Waals surface area contributed by atoms with Crippen molar-refractivity contribution in [2.75, 3.05) is 6.54 Å². The fraction of sp³-hybridized carbons (Fsp3) is 0.316. The molecule has 6 nitrogen and oxygen atoms in total. The molecule has 1 amide bonds. The summed E-state index contributed by atoms with van der Waals surface area (Å²) in [7, 11) is 1.85. The highest BCUT2D eigenvalue weighted by Crippen LogP contribution is 2.11. The molecule has 3 aromatic rings. The van der Waals surface area contributed by atoms with Crippen LogP contribution in [-0.2, 0) is 20.0 Å². The third kappa shape index (κ3) is 4.35. The molecule has 130 valence electrons. The summed E-state index contributed by atoms with van der Waals surface area (Å²) in [6.07, 6.45) is 5.30. The van der Waals surface area contributed by atoms with Crippen LogP contribution in [-0.4, -0.2) is 37.1 Å². The fourth-order valence-electron chi connectivity index (χ4n) is 2.76. The Morgan fingerprint density at radius 1 is 1.28 bits per heavy atom. The number of benzene rings is 1. The molecule has 0 aliphatic carbocycles. The van der Waals surface area contributed by atoms with E-state index in [0.29, 0.717) is 18.8 Å². The van der Waals surface area contributed by atoms with Crippen molar-refractivity contribution in [2.45, 2.75) is 26.3 Å². The van der Waals surface area contributed by atoms with Gasteiger partial charge in [-0.3, -0.25) is 9.48 Å². The van der Waals surface area contributed by atoms with Gasteiger partial charge in [0.05, 0.1) is 6.54 Å². The second-order valence-electron chi connectivity index (χ2n) is 6.15. The van der Waals surface area contributed by atoms with Crippen molar-refractivity contribution < 1.29 is 4.79 Å². The van der Waals surface area contributed by atoms with Crippen molar-refractivity contribution in [1.29, 1.82) is 0 Å². The van der Waals surface area contributed by atoms with E-state index in [9.17, 15) is 4.79 Å². The van der Waals surface area contributed by atoms with Gasteiger partial charge in [-0.05, 0) is 31.4 Å². The van der Waals surface area contributed by atoms with E-state index in [-0.39, 0.29) is 5.91 Å². The lowest BCUT2D eigenvalue weighted by atomic mass is 10.1. The van der Waals surface area contributed by atoms with Gasteiger partial charge in [0, 0.05) is 31.7 Å². The highest BCUT2D eigenvalue weighted by Gasteiger charge is 2.20. The van der Waals surface area contributed by atoms with Crippen LogP contribution in [0.2, 0.25) is 0 Å². The molecule has 6 heteroatoms. The highest BCUT2D eigenvalue weighted by atomic mass is 16.2. The Hall–Kier alpha value is -2.89. The second-order valence-corrected chi connectivity index (χ2v) is 6.15. The number of imidazole rings is 1. The Balaban J connectivity index is 1.69. The summed E-state index contributed by atoms with van der Waals surface area (Å²) >= 11 is 0. The van der Waals surface area contributed by atoms with Crippen molar-refractivity contribution in [3.8, 4) is 0 Å². The summed E-state index contributed by atoms with van der Waals surface area (Å²) in [6.45, 7) is 3.05. The van der Waals surface area contributed by atoms with Gasteiger partial charge in [0.2, 0.25) is 0 Å². The van der Waals surface area contributed by atoms with Gasteiger partial charge < -0.3 is 9.88 Å². The maximum Gasteiger partial charge on any atom is 0.274 e. The normalized spacial score (nSPS) is 10.8. The number of nitrogens with zero attached hydrogens (tertiary/aromatic N) is 4. The minimum Gasteiger partial charge on any atom is -0.347 e. The summed E-state index contributed by atoms with van der Waals surface area (Å²) < 4.78 is 1.72. The van der Waals surface area contributed by atoms with Gasteiger partial charge in [0.15, 0.2) is 5.69 Å². The molecule has 0 aliphatic heterocycles. The summed E-state index contributed by atoms with van der Waals surface area (Å²) in [6, 6.07) is 12.1. The van der Waals surface area contributed by atoms with E-state index in [2.05, 4.69) is 27.2 Å². The van der Waals surface area contributed by atoms with E-state index in [4.69, 9.17) is 0 Å². The standard InChI is InChI=1S/C19H23N5O/c1-15-13-17(22-23(15)2)19(25)24(14-18-20-10-11-21-18)12-6-9-16-7-4-3-5-8-16/h3-5,7-8,10-11,13H,6,9,12,14H2,1-2H3,(H,20,21). The van der Waals surface area contributed by atoms with Crippen molar-refractivity contribution in [2.24, 2.45) is 7.05 Å². The van der Waals surface area contributed by atoms with Crippen LogP contribution in [0.3, 0.4) is 0 Å². The first-order valence-corrected chi connectivity index (χ1v) is 8.45. The van der Waals surface area contributed by atoms with Gasteiger partial charge in [-0.15, -0.1) is 0 Å². The molecule has 0 radical (unpaired) electrons. The first-order chi connectivity index (χ1) is 12.1. The minimum atomic E-state index is -0.0619. The average Bonchev–Trinajstić information content (AvgIpc) is 3.24. The molecule has 0 aliphatic rings. The number of carbonyl (C=O) groups is 1. The molecule has 0 saturated carbocycles. The average molecular weight is 337 g/mol. The molecule has 0 bridgehead atoms. The molecule has 1 aromatic carbocycles. The fourth-order valence-corrected chi connectivity index (χ4v) is 2.76. The lowest BCUT2D eigenvalue weighted by Crippen LogP contribution is -2.32. The van der Waals surface area contributed by atoms with E-state index >= 15 is 0 Å². The van der Waals surface area contributed by atoms with Gasteiger partial charge in [-0.25, -0.2) is 4.98 Å². The van der Waals surface area contributed by atoms with Crippen molar-refractivity contribution >= 4 is 5.91 Å². The number of hydrogen-bond acceptors (Lipinski definition) is 3. The van der Waals surface area contributed by atoms with Crippen molar-refractivity contribution in [1.82, 2.24) is 24.6 Å². The minimum absolute atomic E-state index is 0.0619. The number of amides is 1. The number of hydrogen-bond donors (Lipinski definition) is 1. The number of aromatic amines is 1. The molecule has 0 fully saturated rings. The van der Waals surface area contributed by atoms with Crippen LogP contribution < -0.4 is 0 Å². The summed E-state index contributed by atoms with van der Waals surface area (Å²) in [4.78, 5) is 22.0. The van der Waals surface area contributed by atoms with E-state index in [1.54, 1.807) is 17.1 Å². The third-order valence-electron chi connectivity index (χ3n) is 4.25. The SMILES string of the molecule is Cc1cc(C(=O)N(CCCc2ccccc2)Cc2ncc[nH]2)nn1C. The van der Waals surface area contributed by atoms with Crippen molar-refractivity contribution in [3.63, 3.8) is 0 Å². The van der Waals surface area contributed by atoms with Gasteiger partial charge >= 0.3 is 0 Å². The number of H-pyrrole nitrogens is 1. The Labute approximate surface area is 147 Å². The molecule has 0 unspecified atom stereocenters. The predicted molar refractivity (Wildman–Crippen MR) is 96.0 cm³/mol. The Morgan fingerprint density at radius 2 is 2.08 bits per heavy atom. The maximum atomic E-state index is 12.9. The lowest BCUT2D eigenvalue weighted by molar-refractivity contribution is 0.0730. The number of carbonyl (C=O) groups excluding carboxylic acids is 1. The van der Waals surface area contributed by atoms with E-state index in [1.165, 1.54) is 5.56 Å². The van der Waals surface area contributed by atoms with E-state index < -0.39 is 0 Å². The molecular formula is C19H23N5O. The van der Waals surface area contributed by atoms with Gasteiger partial charge in [-0.2, -0.15) is 5.10 Å². The van der Waals surface area contributed by atoms with Crippen LogP contribution in [0, 0.1) is 6.92 Å². The predicted octanol–water partition coefficient (Wildman–Crippen LogP) is 2.73. The summed E-state index contributed by atoms with van der Waals surface area (Å²) in [5.74, 6) is 0.717. The maximum absolute atomic E-state index is 12.9.